The Morgan fingerprint density at radius 3 is 2.62 bits per heavy atom. The van der Waals surface area contributed by atoms with E-state index in [1.807, 2.05) is 19.9 Å². The van der Waals surface area contributed by atoms with E-state index in [9.17, 15) is 4.39 Å². The molecule has 0 bridgehead atoms. The Labute approximate surface area is 78.5 Å². The van der Waals surface area contributed by atoms with Crippen LogP contribution >= 0.6 is 0 Å². The summed E-state index contributed by atoms with van der Waals surface area (Å²) in [5.74, 6) is -0.190. The van der Waals surface area contributed by atoms with Crippen molar-refractivity contribution >= 4 is 0 Å². The first-order valence-electron chi connectivity index (χ1n) is 4.33. The molecule has 0 aliphatic heterocycles. The highest BCUT2D eigenvalue weighted by Gasteiger charge is 2.16. The molecule has 0 saturated heterocycles. The Morgan fingerprint density at radius 1 is 1.38 bits per heavy atom. The minimum atomic E-state index is -0.228. The summed E-state index contributed by atoms with van der Waals surface area (Å²) < 4.78 is 18.1. The van der Waals surface area contributed by atoms with Crippen LogP contribution in [0.3, 0.4) is 0 Å². The lowest BCUT2D eigenvalue weighted by Crippen LogP contribution is -2.25. The molecule has 2 heteroatoms. The van der Waals surface area contributed by atoms with Crippen LogP contribution in [0.2, 0.25) is 0 Å². The molecule has 0 saturated carbocycles. The van der Waals surface area contributed by atoms with E-state index in [1.54, 1.807) is 19.2 Å². The van der Waals surface area contributed by atoms with Crippen molar-refractivity contribution in [2.45, 2.75) is 25.9 Å². The molecule has 0 aromatic heterocycles. The van der Waals surface area contributed by atoms with Crippen LogP contribution in [-0.4, -0.2) is 12.7 Å². The molecular weight excluding hydrogens is 167 g/mol. The number of ether oxygens (including phenoxy) is 1. The molecule has 0 heterocycles. The molecule has 13 heavy (non-hydrogen) atoms. The quantitative estimate of drug-likeness (QED) is 0.698. The molecule has 1 rings (SSSR count). The van der Waals surface area contributed by atoms with Crippen molar-refractivity contribution < 1.29 is 9.13 Å². The molecule has 0 atom stereocenters. The largest absolute Gasteiger partial charge is 0.378 e. The SMILES string of the molecule is COC(C)(C)Cc1cccc(F)c1. The summed E-state index contributed by atoms with van der Waals surface area (Å²) in [5.41, 5.74) is 0.736. The van der Waals surface area contributed by atoms with Crippen LogP contribution in [0.15, 0.2) is 24.3 Å². The summed E-state index contributed by atoms with van der Waals surface area (Å²) in [7, 11) is 1.67. The third kappa shape index (κ3) is 3.15. The normalized spacial score (nSPS) is 11.7. The average molecular weight is 182 g/mol. The molecule has 72 valence electrons. The van der Waals surface area contributed by atoms with Crippen LogP contribution < -0.4 is 0 Å². The van der Waals surface area contributed by atoms with Gasteiger partial charge in [0.15, 0.2) is 0 Å². The molecule has 0 aliphatic rings. The van der Waals surface area contributed by atoms with Gasteiger partial charge >= 0.3 is 0 Å². The number of rotatable bonds is 3. The van der Waals surface area contributed by atoms with E-state index in [0.717, 1.165) is 12.0 Å². The third-order valence-electron chi connectivity index (χ3n) is 2.07. The maximum Gasteiger partial charge on any atom is 0.123 e. The predicted molar refractivity (Wildman–Crippen MR) is 51.2 cm³/mol. The zero-order valence-corrected chi connectivity index (χ0v) is 8.30. The Morgan fingerprint density at radius 2 is 2.08 bits per heavy atom. The standard InChI is InChI=1S/C11H15FO/c1-11(2,13-3)8-9-5-4-6-10(12)7-9/h4-7H,8H2,1-3H3. The van der Waals surface area contributed by atoms with E-state index in [1.165, 1.54) is 6.07 Å². The number of benzene rings is 1. The minimum absolute atomic E-state index is 0.190. The highest BCUT2D eigenvalue weighted by molar-refractivity contribution is 5.17. The average Bonchev–Trinajstić information content (AvgIpc) is 2.03. The summed E-state index contributed by atoms with van der Waals surface area (Å²) in [6.45, 7) is 3.97. The van der Waals surface area contributed by atoms with Gasteiger partial charge in [0.2, 0.25) is 0 Å². The van der Waals surface area contributed by atoms with Crippen LogP contribution in [-0.2, 0) is 11.2 Å². The van der Waals surface area contributed by atoms with Gasteiger partial charge < -0.3 is 4.74 Å². The highest BCUT2D eigenvalue weighted by Crippen LogP contribution is 2.16. The summed E-state index contributed by atoms with van der Waals surface area (Å²) in [4.78, 5) is 0. The molecule has 0 amide bonds. The van der Waals surface area contributed by atoms with Gasteiger partial charge in [-0.25, -0.2) is 4.39 Å². The zero-order valence-electron chi connectivity index (χ0n) is 8.30. The molecule has 1 nitrogen and oxygen atoms in total. The van der Waals surface area contributed by atoms with Crippen LogP contribution in [0.4, 0.5) is 4.39 Å². The van der Waals surface area contributed by atoms with E-state index in [0.29, 0.717) is 0 Å². The molecular formula is C11H15FO. The van der Waals surface area contributed by atoms with Gasteiger partial charge in [0.25, 0.3) is 0 Å². The number of halogens is 1. The topological polar surface area (TPSA) is 9.23 Å². The maximum atomic E-state index is 12.8. The first-order chi connectivity index (χ1) is 6.03. The van der Waals surface area contributed by atoms with Gasteiger partial charge in [0.1, 0.15) is 5.82 Å². The van der Waals surface area contributed by atoms with Crippen LogP contribution in [0.1, 0.15) is 19.4 Å². The summed E-state index contributed by atoms with van der Waals surface area (Å²) in [6, 6.07) is 6.62. The van der Waals surface area contributed by atoms with E-state index in [-0.39, 0.29) is 11.4 Å². The van der Waals surface area contributed by atoms with Crippen molar-refractivity contribution in [1.82, 2.24) is 0 Å². The summed E-state index contributed by atoms with van der Waals surface area (Å²) in [6.07, 6.45) is 0.723. The molecule has 1 aromatic carbocycles. The smallest absolute Gasteiger partial charge is 0.123 e. The Kier molecular flexibility index (Phi) is 3.04. The molecule has 0 unspecified atom stereocenters. The summed E-state index contributed by atoms with van der Waals surface area (Å²) in [5, 5.41) is 0. The molecule has 0 radical (unpaired) electrons. The van der Waals surface area contributed by atoms with E-state index in [2.05, 4.69) is 0 Å². The van der Waals surface area contributed by atoms with Crippen molar-refractivity contribution in [2.75, 3.05) is 7.11 Å². The van der Waals surface area contributed by atoms with Gasteiger partial charge in [-0.15, -0.1) is 0 Å². The molecule has 0 N–H and O–H groups in total. The number of hydrogen-bond donors (Lipinski definition) is 0. The van der Waals surface area contributed by atoms with Crippen molar-refractivity contribution in [3.05, 3.63) is 35.6 Å². The third-order valence-corrected chi connectivity index (χ3v) is 2.07. The number of methoxy groups -OCH3 is 1. The molecule has 0 fully saturated rings. The van der Waals surface area contributed by atoms with Crippen LogP contribution in [0.25, 0.3) is 0 Å². The van der Waals surface area contributed by atoms with Crippen LogP contribution in [0, 0.1) is 5.82 Å². The lowest BCUT2D eigenvalue weighted by atomic mass is 9.98. The van der Waals surface area contributed by atoms with Gasteiger partial charge in [-0.05, 0) is 31.5 Å². The van der Waals surface area contributed by atoms with Crippen molar-refractivity contribution in [1.29, 1.82) is 0 Å². The van der Waals surface area contributed by atoms with E-state index < -0.39 is 0 Å². The van der Waals surface area contributed by atoms with E-state index in [4.69, 9.17) is 4.74 Å². The van der Waals surface area contributed by atoms with Crippen molar-refractivity contribution in [3.8, 4) is 0 Å². The predicted octanol–water partition coefficient (Wildman–Crippen LogP) is 2.79. The molecule has 1 aromatic rings. The first-order valence-corrected chi connectivity index (χ1v) is 4.33. The Hall–Kier alpha value is -0.890. The number of hydrogen-bond acceptors (Lipinski definition) is 1. The van der Waals surface area contributed by atoms with Gasteiger partial charge in [0.05, 0.1) is 5.60 Å². The van der Waals surface area contributed by atoms with Crippen molar-refractivity contribution in [3.63, 3.8) is 0 Å². The first kappa shape index (κ1) is 10.2. The summed E-state index contributed by atoms with van der Waals surface area (Å²) >= 11 is 0. The fraction of sp³-hybridized carbons (Fsp3) is 0.455. The second-order valence-corrected chi connectivity index (χ2v) is 3.77. The fourth-order valence-electron chi connectivity index (χ4n) is 1.21. The second-order valence-electron chi connectivity index (χ2n) is 3.77. The lowest BCUT2D eigenvalue weighted by Gasteiger charge is -2.22. The minimum Gasteiger partial charge on any atom is -0.378 e. The van der Waals surface area contributed by atoms with Crippen molar-refractivity contribution in [2.24, 2.45) is 0 Å². The monoisotopic (exact) mass is 182 g/mol. The molecule has 0 aliphatic carbocycles. The highest BCUT2D eigenvalue weighted by atomic mass is 19.1. The maximum absolute atomic E-state index is 12.8. The van der Waals surface area contributed by atoms with Gasteiger partial charge in [-0.3, -0.25) is 0 Å². The lowest BCUT2D eigenvalue weighted by molar-refractivity contribution is 0.0231. The Balaban J connectivity index is 2.74. The van der Waals surface area contributed by atoms with Gasteiger partial charge in [-0.2, -0.15) is 0 Å². The fourth-order valence-corrected chi connectivity index (χ4v) is 1.21. The van der Waals surface area contributed by atoms with Gasteiger partial charge in [0, 0.05) is 13.5 Å². The molecule has 0 spiro atoms. The van der Waals surface area contributed by atoms with Gasteiger partial charge in [-0.1, -0.05) is 12.1 Å². The Bertz CT molecular complexity index is 281. The zero-order chi connectivity index (χ0) is 9.90. The second kappa shape index (κ2) is 3.88. The van der Waals surface area contributed by atoms with E-state index >= 15 is 0 Å². The van der Waals surface area contributed by atoms with Crippen LogP contribution in [0.5, 0.6) is 0 Å².